The zero-order valence-electron chi connectivity index (χ0n) is 14.8. The van der Waals surface area contributed by atoms with E-state index in [4.69, 9.17) is 0 Å². The Labute approximate surface area is 151 Å². The molecule has 1 N–H and O–H groups in total. The summed E-state index contributed by atoms with van der Waals surface area (Å²) in [6.45, 7) is 8.43. The molecule has 1 amide bonds. The first kappa shape index (κ1) is 17.7. The summed E-state index contributed by atoms with van der Waals surface area (Å²) < 4.78 is 0. The highest BCUT2D eigenvalue weighted by molar-refractivity contribution is 8.00. The third-order valence-electron chi connectivity index (χ3n) is 5.03. The summed E-state index contributed by atoms with van der Waals surface area (Å²) in [6, 6.07) is 0.324. The summed E-state index contributed by atoms with van der Waals surface area (Å²) in [6.07, 6.45) is 6.43. The maximum absolute atomic E-state index is 12.6. The Balaban J connectivity index is 1.72. The van der Waals surface area contributed by atoms with E-state index < -0.39 is 0 Å². The molecule has 1 saturated carbocycles. The average molecular weight is 364 g/mol. The van der Waals surface area contributed by atoms with Crippen molar-refractivity contribution in [3.63, 3.8) is 0 Å². The summed E-state index contributed by atoms with van der Waals surface area (Å²) in [5, 5.41) is 5.13. The summed E-state index contributed by atoms with van der Waals surface area (Å²) in [5.41, 5.74) is 1.23. The van der Waals surface area contributed by atoms with Crippen LogP contribution in [0.25, 0.3) is 10.2 Å². The molecule has 1 aliphatic carbocycles. The monoisotopic (exact) mass is 363 g/mol. The van der Waals surface area contributed by atoms with Gasteiger partial charge in [0.15, 0.2) is 0 Å². The fraction of sp³-hybridized carbons (Fsp3) is 0.611. The van der Waals surface area contributed by atoms with E-state index in [2.05, 4.69) is 36.1 Å². The summed E-state index contributed by atoms with van der Waals surface area (Å²) in [5.74, 6) is 0.697. The van der Waals surface area contributed by atoms with Crippen LogP contribution >= 0.6 is 23.1 Å². The minimum atomic E-state index is -0.156. The molecule has 0 radical (unpaired) electrons. The number of nitrogens with one attached hydrogen (secondary N) is 1. The number of amides is 1. The van der Waals surface area contributed by atoms with Gasteiger partial charge in [0.25, 0.3) is 0 Å². The Morgan fingerprint density at radius 3 is 2.83 bits per heavy atom. The molecular formula is C18H25N3OS2. The van der Waals surface area contributed by atoms with E-state index in [0.717, 1.165) is 21.7 Å². The number of hydrogen-bond donors (Lipinski definition) is 1. The van der Waals surface area contributed by atoms with E-state index in [0.29, 0.717) is 12.0 Å². The van der Waals surface area contributed by atoms with Gasteiger partial charge in [-0.1, -0.05) is 31.5 Å². The molecule has 0 aromatic carbocycles. The number of fused-ring (bicyclic) bond motifs is 1. The molecule has 0 bridgehead atoms. The van der Waals surface area contributed by atoms with Crippen LogP contribution < -0.4 is 5.32 Å². The van der Waals surface area contributed by atoms with Gasteiger partial charge in [-0.25, -0.2) is 9.97 Å². The second-order valence-electron chi connectivity index (χ2n) is 6.78. The second kappa shape index (κ2) is 7.40. The van der Waals surface area contributed by atoms with Crippen molar-refractivity contribution in [1.29, 1.82) is 0 Å². The molecule has 2 aromatic rings. The Hall–Kier alpha value is -1.14. The molecule has 0 spiro atoms. The van der Waals surface area contributed by atoms with Gasteiger partial charge >= 0.3 is 0 Å². The number of thiophene rings is 1. The normalized spacial score (nSPS) is 22.5. The van der Waals surface area contributed by atoms with Crippen molar-refractivity contribution in [3.05, 3.63) is 16.8 Å². The fourth-order valence-electron chi connectivity index (χ4n) is 3.29. The van der Waals surface area contributed by atoms with Gasteiger partial charge in [0.2, 0.25) is 5.91 Å². The molecule has 0 saturated heterocycles. The summed E-state index contributed by atoms with van der Waals surface area (Å²) >= 11 is 3.23. The van der Waals surface area contributed by atoms with E-state index in [-0.39, 0.29) is 11.2 Å². The van der Waals surface area contributed by atoms with E-state index in [1.807, 2.05) is 6.92 Å². The number of carbonyl (C=O) groups is 1. The SMILES string of the molecule is Cc1sc2ncnc(S[C@H](C)C(=O)N[C@@H]3CCCC[C@@H]3C)c2c1C. The van der Waals surface area contributed by atoms with Gasteiger partial charge in [-0.3, -0.25) is 4.79 Å². The number of thioether (sulfide) groups is 1. The standard InChI is InChI=1S/C18H25N3OS2/c1-10-7-5-6-8-14(10)21-16(22)13(4)24-18-15-11(2)12(3)23-17(15)19-9-20-18/h9-10,13-14H,5-8H2,1-4H3,(H,21,22)/t10-,13+,14+/m0/s1. The van der Waals surface area contributed by atoms with Crippen molar-refractivity contribution in [2.24, 2.45) is 5.92 Å². The zero-order chi connectivity index (χ0) is 17.3. The van der Waals surface area contributed by atoms with Gasteiger partial charge < -0.3 is 5.32 Å². The van der Waals surface area contributed by atoms with Crippen LogP contribution in [0.15, 0.2) is 11.4 Å². The largest absolute Gasteiger partial charge is 0.352 e. The van der Waals surface area contributed by atoms with Crippen molar-refractivity contribution >= 4 is 39.2 Å². The van der Waals surface area contributed by atoms with Crippen LogP contribution in [-0.4, -0.2) is 27.2 Å². The highest BCUT2D eigenvalue weighted by atomic mass is 32.2. The zero-order valence-corrected chi connectivity index (χ0v) is 16.4. The van der Waals surface area contributed by atoms with E-state index in [1.54, 1.807) is 29.4 Å². The van der Waals surface area contributed by atoms with E-state index >= 15 is 0 Å². The number of rotatable bonds is 4. The van der Waals surface area contributed by atoms with Crippen molar-refractivity contribution in [3.8, 4) is 0 Å². The lowest BCUT2D eigenvalue weighted by Gasteiger charge is -2.30. The molecule has 3 rings (SSSR count). The molecule has 130 valence electrons. The van der Waals surface area contributed by atoms with Crippen molar-refractivity contribution in [2.75, 3.05) is 0 Å². The Kier molecular flexibility index (Phi) is 5.45. The highest BCUT2D eigenvalue weighted by Gasteiger charge is 2.26. The van der Waals surface area contributed by atoms with Gasteiger partial charge in [0.05, 0.1) is 5.25 Å². The molecule has 3 atom stereocenters. The first-order valence-electron chi connectivity index (χ1n) is 8.65. The van der Waals surface area contributed by atoms with Crippen molar-refractivity contribution in [1.82, 2.24) is 15.3 Å². The lowest BCUT2D eigenvalue weighted by Crippen LogP contribution is -2.44. The third kappa shape index (κ3) is 3.59. The van der Waals surface area contributed by atoms with Crippen LogP contribution in [0.5, 0.6) is 0 Å². The molecule has 6 heteroatoms. The number of hydrogen-bond acceptors (Lipinski definition) is 5. The number of aryl methyl sites for hydroxylation is 2. The van der Waals surface area contributed by atoms with Gasteiger partial charge in [0.1, 0.15) is 16.2 Å². The fourth-order valence-corrected chi connectivity index (χ4v) is 5.34. The number of carbonyl (C=O) groups excluding carboxylic acids is 1. The van der Waals surface area contributed by atoms with E-state index in [1.165, 1.54) is 29.7 Å². The smallest absolute Gasteiger partial charge is 0.233 e. The maximum Gasteiger partial charge on any atom is 0.233 e. The summed E-state index contributed by atoms with van der Waals surface area (Å²) in [7, 11) is 0. The molecule has 0 aliphatic heterocycles. The van der Waals surface area contributed by atoms with Crippen LogP contribution in [0.1, 0.15) is 50.0 Å². The molecule has 0 unspecified atom stereocenters. The van der Waals surface area contributed by atoms with E-state index in [9.17, 15) is 4.79 Å². The van der Waals surface area contributed by atoms with Gasteiger partial charge in [-0.2, -0.15) is 0 Å². The van der Waals surface area contributed by atoms with Crippen LogP contribution in [0.3, 0.4) is 0 Å². The highest BCUT2D eigenvalue weighted by Crippen LogP contribution is 2.36. The minimum Gasteiger partial charge on any atom is -0.352 e. The topological polar surface area (TPSA) is 54.9 Å². The Morgan fingerprint density at radius 1 is 1.33 bits per heavy atom. The predicted molar refractivity (Wildman–Crippen MR) is 102 cm³/mol. The van der Waals surface area contributed by atoms with Gasteiger partial charge in [0, 0.05) is 16.3 Å². The van der Waals surface area contributed by atoms with Crippen molar-refractivity contribution in [2.45, 2.75) is 69.7 Å². The molecule has 1 aliphatic rings. The quantitative estimate of drug-likeness (QED) is 0.642. The number of nitrogens with zero attached hydrogens (tertiary/aromatic N) is 2. The molecular weight excluding hydrogens is 338 g/mol. The predicted octanol–water partition coefficient (Wildman–Crippen LogP) is 4.48. The molecule has 4 nitrogen and oxygen atoms in total. The lowest BCUT2D eigenvalue weighted by atomic mass is 9.86. The van der Waals surface area contributed by atoms with Crippen LogP contribution in [0.2, 0.25) is 0 Å². The Bertz CT molecular complexity index is 743. The molecule has 2 aromatic heterocycles. The molecule has 2 heterocycles. The van der Waals surface area contributed by atoms with Crippen LogP contribution in [0, 0.1) is 19.8 Å². The molecule has 24 heavy (non-hydrogen) atoms. The van der Waals surface area contributed by atoms with Crippen molar-refractivity contribution < 1.29 is 4.79 Å². The second-order valence-corrected chi connectivity index (χ2v) is 9.31. The maximum atomic E-state index is 12.6. The first-order chi connectivity index (χ1) is 11.5. The lowest BCUT2D eigenvalue weighted by molar-refractivity contribution is -0.121. The van der Waals surface area contributed by atoms with Crippen LogP contribution in [-0.2, 0) is 4.79 Å². The summed E-state index contributed by atoms with van der Waals surface area (Å²) in [4.78, 5) is 23.7. The number of aromatic nitrogens is 2. The van der Waals surface area contributed by atoms with Gasteiger partial charge in [-0.05, 0) is 45.1 Å². The third-order valence-corrected chi connectivity index (χ3v) is 7.24. The molecule has 1 fully saturated rings. The first-order valence-corrected chi connectivity index (χ1v) is 10.3. The average Bonchev–Trinajstić information content (AvgIpc) is 2.85. The Morgan fingerprint density at radius 2 is 2.08 bits per heavy atom. The van der Waals surface area contributed by atoms with Gasteiger partial charge in [-0.15, -0.1) is 11.3 Å². The van der Waals surface area contributed by atoms with Crippen LogP contribution in [0.4, 0.5) is 0 Å². The minimum absolute atomic E-state index is 0.120.